The Morgan fingerprint density at radius 2 is 1.25 bits per heavy atom. The highest BCUT2D eigenvalue weighted by Gasteiger charge is 2.23. The molecule has 0 fully saturated rings. The molecule has 9 rings (SSSR count). The molecular weight excluding hydrogens is 492 g/mol. The Kier molecular flexibility index (Phi) is 4.27. The summed E-state index contributed by atoms with van der Waals surface area (Å²) in [7, 11) is 0. The second kappa shape index (κ2) is 7.98. The van der Waals surface area contributed by atoms with Crippen LogP contribution in [0.3, 0.4) is 0 Å². The van der Waals surface area contributed by atoms with Crippen molar-refractivity contribution in [1.29, 1.82) is 0 Å². The first kappa shape index (κ1) is 21.4. The summed E-state index contributed by atoms with van der Waals surface area (Å²) in [6, 6.07) is 41.3. The first-order valence-electron chi connectivity index (χ1n) is 13.3. The number of aromatic nitrogens is 4. The maximum Gasteiger partial charge on any atom is 0.160 e. The molecule has 0 unspecified atom stereocenters. The van der Waals surface area contributed by atoms with Gasteiger partial charge in [0.25, 0.3) is 0 Å². The molecule has 0 aliphatic carbocycles. The molecule has 0 saturated carbocycles. The number of furan rings is 1. The van der Waals surface area contributed by atoms with Crippen molar-refractivity contribution in [1.82, 2.24) is 19.4 Å². The lowest BCUT2D eigenvalue weighted by atomic mass is 9.99. The molecule has 40 heavy (non-hydrogen) atoms. The molecule has 5 heteroatoms. The van der Waals surface area contributed by atoms with Gasteiger partial charge < -0.3 is 4.42 Å². The van der Waals surface area contributed by atoms with Crippen LogP contribution in [0.4, 0.5) is 0 Å². The van der Waals surface area contributed by atoms with E-state index in [-0.39, 0.29) is 0 Å². The molecule has 4 aromatic heterocycles. The zero-order chi connectivity index (χ0) is 26.2. The van der Waals surface area contributed by atoms with Gasteiger partial charge in [-0.25, -0.2) is 15.0 Å². The lowest BCUT2D eigenvalue weighted by Gasteiger charge is -2.14. The minimum absolute atomic E-state index is 0.679. The molecule has 4 heterocycles. The molecule has 5 aromatic carbocycles. The predicted molar refractivity (Wildman–Crippen MR) is 161 cm³/mol. The minimum Gasteiger partial charge on any atom is -0.456 e. The Morgan fingerprint density at radius 1 is 0.525 bits per heavy atom. The van der Waals surface area contributed by atoms with E-state index in [2.05, 4.69) is 77.2 Å². The Morgan fingerprint density at radius 3 is 2.15 bits per heavy atom. The first-order valence-corrected chi connectivity index (χ1v) is 13.3. The van der Waals surface area contributed by atoms with Gasteiger partial charge in [0.1, 0.15) is 16.8 Å². The van der Waals surface area contributed by atoms with Crippen LogP contribution in [0.1, 0.15) is 0 Å². The average molecular weight is 513 g/mol. The van der Waals surface area contributed by atoms with Crippen molar-refractivity contribution in [3.05, 3.63) is 121 Å². The summed E-state index contributed by atoms with van der Waals surface area (Å²) in [5.41, 5.74) is 9.27. The second-order valence-corrected chi connectivity index (χ2v) is 10.0. The molecule has 0 amide bonds. The third-order valence-corrected chi connectivity index (χ3v) is 7.78. The van der Waals surface area contributed by atoms with Crippen molar-refractivity contribution in [2.45, 2.75) is 0 Å². The van der Waals surface area contributed by atoms with Crippen molar-refractivity contribution in [3.63, 3.8) is 0 Å². The third kappa shape index (κ3) is 2.89. The third-order valence-electron chi connectivity index (χ3n) is 7.78. The molecule has 0 N–H and O–H groups in total. The molecule has 186 valence electrons. The second-order valence-electron chi connectivity index (χ2n) is 10.0. The quantitative estimate of drug-likeness (QED) is 0.217. The van der Waals surface area contributed by atoms with E-state index in [1.54, 1.807) is 0 Å². The van der Waals surface area contributed by atoms with Gasteiger partial charge in [-0.05, 0) is 30.3 Å². The molecular formula is C35H20N4O. The van der Waals surface area contributed by atoms with E-state index in [9.17, 15) is 0 Å². The van der Waals surface area contributed by atoms with Crippen molar-refractivity contribution in [3.8, 4) is 22.6 Å². The van der Waals surface area contributed by atoms with Crippen molar-refractivity contribution < 1.29 is 4.42 Å². The SMILES string of the molecule is c1ccc(-c2nc(-c3cccc4oc5ccccc5c34)c3c(n2)c2ccccc2n2c4ccccc4nc32)cc1. The number of fused-ring (bicyclic) bond motifs is 11. The fraction of sp³-hybridized carbons (Fsp3) is 0. The first-order chi connectivity index (χ1) is 19.8. The van der Waals surface area contributed by atoms with Gasteiger partial charge in [0.2, 0.25) is 0 Å². The molecule has 0 bridgehead atoms. The van der Waals surface area contributed by atoms with E-state index in [0.29, 0.717) is 5.82 Å². The summed E-state index contributed by atoms with van der Waals surface area (Å²) in [6.45, 7) is 0. The lowest BCUT2D eigenvalue weighted by molar-refractivity contribution is 0.669. The summed E-state index contributed by atoms with van der Waals surface area (Å²) in [5.74, 6) is 0.679. The van der Waals surface area contributed by atoms with Gasteiger partial charge in [-0.15, -0.1) is 0 Å². The number of nitrogens with zero attached hydrogens (tertiary/aromatic N) is 4. The van der Waals surface area contributed by atoms with Gasteiger partial charge in [0.05, 0.1) is 33.1 Å². The normalized spacial score (nSPS) is 12.0. The maximum absolute atomic E-state index is 6.28. The Labute approximate surface area is 228 Å². The standard InChI is InChI=1S/C35H20N4O/c1-2-11-21(12-3-1)34-37-32-22-13-4-7-17-26(22)39-27-18-8-6-16-25(27)36-35(39)31(32)33(38-34)24-15-10-20-29-30(24)23-14-5-9-19-28(23)40-29/h1-20H. The van der Waals surface area contributed by atoms with Gasteiger partial charge in [-0.3, -0.25) is 4.40 Å². The molecule has 0 aliphatic rings. The summed E-state index contributed by atoms with van der Waals surface area (Å²) in [5, 5.41) is 4.08. The van der Waals surface area contributed by atoms with Crippen LogP contribution in [0.5, 0.6) is 0 Å². The van der Waals surface area contributed by atoms with Gasteiger partial charge in [-0.1, -0.05) is 91.0 Å². The highest BCUT2D eigenvalue weighted by atomic mass is 16.3. The van der Waals surface area contributed by atoms with Gasteiger partial charge in [0, 0.05) is 27.3 Å². The van der Waals surface area contributed by atoms with Crippen LogP contribution < -0.4 is 0 Å². The van der Waals surface area contributed by atoms with Crippen LogP contribution >= 0.6 is 0 Å². The predicted octanol–water partition coefficient (Wildman–Crippen LogP) is 8.82. The lowest BCUT2D eigenvalue weighted by Crippen LogP contribution is -2.00. The van der Waals surface area contributed by atoms with Gasteiger partial charge >= 0.3 is 0 Å². The molecule has 0 aliphatic heterocycles. The fourth-order valence-electron chi connectivity index (χ4n) is 6.06. The monoisotopic (exact) mass is 512 g/mol. The number of benzene rings is 5. The number of rotatable bonds is 2. The molecule has 0 radical (unpaired) electrons. The van der Waals surface area contributed by atoms with Gasteiger partial charge in [0.15, 0.2) is 5.82 Å². The molecule has 5 nitrogen and oxygen atoms in total. The molecule has 0 saturated heterocycles. The van der Waals surface area contributed by atoms with Crippen molar-refractivity contribution in [2.75, 3.05) is 0 Å². The van der Waals surface area contributed by atoms with Crippen LogP contribution in [0, 0.1) is 0 Å². The smallest absolute Gasteiger partial charge is 0.160 e. The van der Waals surface area contributed by atoms with Crippen LogP contribution in [-0.4, -0.2) is 19.4 Å². The molecule has 0 atom stereocenters. The van der Waals surface area contributed by atoms with E-state index in [1.807, 2.05) is 48.5 Å². The summed E-state index contributed by atoms with van der Waals surface area (Å²) < 4.78 is 8.53. The van der Waals surface area contributed by atoms with Crippen LogP contribution in [0.25, 0.3) is 83.1 Å². The van der Waals surface area contributed by atoms with Crippen LogP contribution in [-0.2, 0) is 0 Å². The number of hydrogen-bond acceptors (Lipinski definition) is 4. The fourth-order valence-corrected chi connectivity index (χ4v) is 6.06. The van der Waals surface area contributed by atoms with Crippen LogP contribution in [0.2, 0.25) is 0 Å². The average Bonchev–Trinajstić information content (AvgIpc) is 3.60. The van der Waals surface area contributed by atoms with Crippen LogP contribution in [0.15, 0.2) is 126 Å². The molecule has 9 aromatic rings. The van der Waals surface area contributed by atoms with E-state index in [1.165, 1.54) is 0 Å². The summed E-state index contributed by atoms with van der Waals surface area (Å²) in [6.07, 6.45) is 0. The highest BCUT2D eigenvalue weighted by Crippen LogP contribution is 2.42. The number of imidazole rings is 1. The van der Waals surface area contributed by atoms with E-state index in [4.69, 9.17) is 19.4 Å². The molecule has 0 spiro atoms. The summed E-state index contributed by atoms with van der Waals surface area (Å²) >= 11 is 0. The number of pyridine rings is 1. The minimum atomic E-state index is 0.679. The van der Waals surface area contributed by atoms with Crippen molar-refractivity contribution in [2.24, 2.45) is 0 Å². The number of hydrogen-bond donors (Lipinski definition) is 0. The zero-order valence-corrected chi connectivity index (χ0v) is 21.2. The van der Waals surface area contributed by atoms with E-state index < -0.39 is 0 Å². The Hall–Kier alpha value is -5.55. The topological polar surface area (TPSA) is 56.2 Å². The van der Waals surface area contributed by atoms with E-state index in [0.717, 1.165) is 77.2 Å². The Balaban J connectivity index is 1.56. The largest absolute Gasteiger partial charge is 0.456 e. The maximum atomic E-state index is 6.28. The zero-order valence-electron chi connectivity index (χ0n) is 21.2. The Bertz CT molecular complexity index is 2440. The van der Waals surface area contributed by atoms with Crippen molar-refractivity contribution >= 4 is 60.4 Å². The highest BCUT2D eigenvalue weighted by molar-refractivity contribution is 6.20. The summed E-state index contributed by atoms with van der Waals surface area (Å²) in [4.78, 5) is 15.7. The van der Waals surface area contributed by atoms with E-state index >= 15 is 0 Å². The van der Waals surface area contributed by atoms with Gasteiger partial charge in [-0.2, -0.15) is 0 Å². The number of para-hydroxylation sites is 4.